The van der Waals surface area contributed by atoms with Gasteiger partial charge in [0.25, 0.3) is 0 Å². The van der Waals surface area contributed by atoms with Crippen LogP contribution in [0.25, 0.3) is 10.9 Å². The van der Waals surface area contributed by atoms with Crippen molar-refractivity contribution in [3.8, 4) is 0 Å². The van der Waals surface area contributed by atoms with Crippen LogP contribution in [0.2, 0.25) is 0 Å². The molecule has 2 unspecified atom stereocenters. The molecule has 1 aromatic carbocycles. The molecular weight excluding hydrogens is 226 g/mol. The third-order valence-electron chi connectivity index (χ3n) is 3.68. The standard InChI is InChI=1S/C14H17N3O/c1-9-12(5-7-15-9)14(18)17-11-2-3-13-10(8-11)4-6-16-13/h2-4,6,8-9,12,15-16H,5,7H2,1H3,(H,17,18). The van der Waals surface area contributed by atoms with Gasteiger partial charge in [0, 0.05) is 28.8 Å². The maximum atomic E-state index is 12.1. The van der Waals surface area contributed by atoms with Crippen LogP contribution in [0, 0.1) is 5.92 Å². The van der Waals surface area contributed by atoms with Crippen LogP contribution in [0.15, 0.2) is 30.5 Å². The van der Waals surface area contributed by atoms with Crippen molar-refractivity contribution in [2.75, 3.05) is 11.9 Å². The predicted octanol–water partition coefficient (Wildman–Crippen LogP) is 2.10. The van der Waals surface area contributed by atoms with Crippen LogP contribution in [0.1, 0.15) is 13.3 Å². The molecule has 2 heterocycles. The van der Waals surface area contributed by atoms with Crippen molar-refractivity contribution in [2.45, 2.75) is 19.4 Å². The number of aromatic amines is 1. The Balaban J connectivity index is 1.77. The Bertz CT molecular complexity index is 575. The summed E-state index contributed by atoms with van der Waals surface area (Å²) >= 11 is 0. The van der Waals surface area contributed by atoms with E-state index in [1.165, 1.54) is 0 Å². The van der Waals surface area contributed by atoms with E-state index in [1.807, 2.05) is 30.5 Å². The zero-order valence-corrected chi connectivity index (χ0v) is 10.4. The molecule has 18 heavy (non-hydrogen) atoms. The average molecular weight is 243 g/mol. The fourth-order valence-electron chi connectivity index (χ4n) is 2.58. The van der Waals surface area contributed by atoms with Gasteiger partial charge in [-0.05, 0) is 44.2 Å². The molecule has 1 aliphatic heterocycles. The first-order valence-electron chi connectivity index (χ1n) is 6.35. The summed E-state index contributed by atoms with van der Waals surface area (Å²) in [7, 11) is 0. The van der Waals surface area contributed by atoms with E-state index in [9.17, 15) is 4.79 Å². The zero-order chi connectivity index (χ0) is 12.5. The van der Waals surface area contributed by atoms with Gasteiger partial charge in [-0.15, -0.1) is 0 Å². The van der Waals surface area contributed by atoms with Crippen LogP contribution >= 0.6 is 0 Å². The number of aromatic nitrogens is 1. The number of hydrogen-bond acceptors (Lipinski definition) is 2. The van der Waals surface area contributed by atoms with Crippen molar-refractivity contribution < 1.29 is 4.79 Å². The zero-order valence-electron chi connectivity index (χ0n) is 10.4. The lowest BCUT2D eigenvalue weighted by Crippen LogP contribution is -2.32. The normalized spacial score (nSPS) is 23.4. The Hall–Kier alpha value is -1.81. The van der Waals surface area contributed by atoms with E-state index in [0.29, 0.717) is 0 Å². The molecule has 0 bridgehead atoms. The summed E-state index contributed by atoms with van der Waals surface area (Å²) in [4.78, 5) is 15.3. The molecule has 3 N–H and O–H groups in total. The highest BCUT2D eigenvalue weighted by Gasteiger charge is 2.29. The Morgan fingerprint density at radius 1 is 1.39 bits per heavy atom. The van der Waals surface area contributed by atoms with Gasteiger partial charge in [0.15, 0.2) is 0 Å². The summed E-state index contributed by atoms with van der Waals surface area (Å²) in [5.41, 5.74) is 1.95. The number of nitrogens with one attached hydrogen (secondary N) is 3. The molecule has 0 spiro atoms. The summed E-state index contributed by atoms with van der Waals surface area (Å²) in [6.45, 7) is 2.99. The van der Waals surface area contributed by atoms with Crippen LogP contribution in [0.5, 0.6) is 0 Å². The minimum Gasteiger partial charge on any atom is -0.361 e. The van der Waals surface area contributed by atoms with Gasteiger partial charge in [0.2, 0.25) is 5.91 Å². The number of benzene rings is 1. The van der Waals surface area contributed by atoms with E-state index in [-0.39, 0.29) is 17.9 Å². The van der Waals surface area contributed by atoms with Crippen LogP contribution in [-0.2, 0) is 4.79 Å². The Morgan fingerprint density at radius 2 is 2.28 bits per heavy atom. The largest absolute Gasteiger partial charge is 0.361 e. The van der Waals surface area contributed by atoms with Crippen molar-refractivity contribution >= 4 is 22.5 Å². The lowest BCUT2D eigenvalue weighted by Gasteiger charge is -2.14. The average Bonchev–Trinajstić information content (AvgIpc) is 2.96. The third kappa shape index (κ3) is 1.99. The van der Waals surface area contributed by atoms with Gasteiger partial charge in [-0.25, -0.2) is 0 Å². The maximum absolute atomic E-state index is 12.1. The fourth-order valence-corrected chi connectivity index (χ4v) is 2.58. The maximum Gasteiger partial charge on any atom is 0.229 e. The minimum atomic E-state index is 0.0759. The summed E-state index contributed by atoms with van der Waals surface area (Å²) in [6.07, 6.45) is 2.82. The van der Waals surface area contributed by atoms with Crippen molar-refractivity contribution in [2.24, 2.45) is 5.92 Å². The van der Waals surface area contributed by atoms with Crippen molar-refractivity contribution in [1.29, 1.82) is 0 Å². The number of hydrogen-bond donors (Lipinski definition) is 3. The monoisotopic (exact) mass is 243 g/mol. The molecule has 2 atom stereocenters. The van der Waals surface area contributed by atoms with E-state index in [0.717, 1.165) is 29.6 Å². The second kappa shape index (κ2) is 4.46. The molecular formula is C14H17N3O. The summed E-state index contributed by atoms with van der Waals surface area (Å²) in [5, 5.41) is 7.42. The minimum absolute atomic E-state index is 0.0759. The van der Waals surface area contributed by atoms with Gasteiger partial charge in [-0.3, -0.25) is 4.79 Å². The van der Waals surface area contributed by atoms with E-state index >= 15 is 0 Å². The number of rotatable bonds is 2. The van der Waals surface area contributed by atoms with E-state index in [4.69, 9.17) is 0 Å². The highest BCUT2D eigenvalue weighted by molar-refractivity contribution is 5.95. The first kappa shape index (κ1) is 11.3. The van der Waals surface area contributed by atoms with E-state index in [2.05, 4.69) is 22.5 Å². The number of carbonyl (C=O) groups is 1. The van der Waals surface area contributed by atoms with Crippen LogP contribution in [0.4, 0.5) is 5.69 Å². The van der Waals surface area contributed by atoms with E-state index < -0.39 is 0 Å². The number of fused-ring (bicyclic) bond motifs is 1. The highest BCUT2D eigenvalue weighted by atomic mass is 16.1. The van der Waals surface area contributed by atoms with Gasteiger partial charge in [0.05, 0.1) is 5.92 Å². The van der Waals surface area contributed by atoms with Gasteiger partial charge >= 0.3 is 0 Å². The Labute approximate surface area is 106 Å². The summed E-state index contributed by atoms with van der Waals surface area (Å²) < 4.78 is 0. The summed E-state index contributed by atoms with van der Waals surface area (Å²) in [6, 6.07) is 8.19. The predicted molar refractivity (Wildman–Crippen MR) is 72.5 cm³/mol. The summed E-state index contributed by atoms with van der Waals surface area (Å²) in [5.74, 6) is 0.189. The molecule has 0 aliphatic carbocycles. The highest BCUT2D eigenvalue weighted by Crippen LogP contribution is 2.21. The number of anilines is 1. The second-order valence-electron chi connectivity index (χ2n) is 4.91. The second-order valence-corrected chi connectivity index (χ2v) is 4.91. The molecule has 94 valence electrons. The van der Waals surface area contributed by atoms with Crippen LogP contribution < -0.4 is 10.6 Å². The van der Waals surface area contributed by atoms with Crippen molar-refractivity contribution in [3.05, 3.63) is 30.5 Å². The molecule has 0 saturated carbocycles. The topological polar surface area (TPSA) is 56.9 Å². The first-order valence-corrected chi connectivity index (χ1v) is 6.35. The quantitative estimate of drug-likeness (QED) is 0.756. The van der Waals surface area contributed by atoms with Crippen LogP contribution in [0.3, 0.4) is 0 Å². The first-order chi connectivity index (χ1) is 8.74. The smallest absolute Gasteiger partial charge is 0.229 e. The van der Waals surface area contributed by atoms with Crippen molar-refractivity contribution in [3.63, 3.8) is 0 Å². The fraction of sp³-hybridized carbons (Fsp3) is 0.357. The SMILES string of the molecule is CC1NCCC1C(=O)Nc1ccc2[nH]ccc2c1. The molecule has 1 saturated heterocycles. The Kier molecular flexibility index (Phi) is 2.80. The van der Waals surface area contributed by atoms with Crippen LogP contribution in [-0.4, -0.2) is 23.5 Å². The molecule has 0 radical (unpaired) electrons. The van der Waals surface area contributed by atoms with Gasteiger partial charge in [-0.1, -0.05) is 0 Å². The molecule has 2 aromatic rings. The molecule has 4 nitrogen and oxygen atoms in total. The molecule has 1 amide bonds. The number of carbonyl (C=O) groups excluding carboxylic acids is 1. The van der Waals surface area contributed by atoms with Gasteiger partial charge < -0.3 is 15.6 Å². The number of amides is 1. The third-order valence-corrected chi connectivity index (χ3v) is 3.68. The number of H-pyrrole nitrogens is 1. The Morgan fingerprint density at radius 3 is 3.06 bits per heavy atom. The molecule has 3 rings (SSSR count). The van der Waals surface area contributed by atoms with Gasteiger partial charge in [-0.2, -0.15) is 0 Å². The van der Waals surface area contributed by atoms with Gasteiger partial charge in [0.1, 0.15) is 0 Å². The molecule has 1 aliphatic rings. The molecule has 4 heteroatoms. The lowest BCUT2D eigenvalue weighted by molar-refractivity contribution is -0.119. The molecule has 1 aromatic heterocycles. The van der Waals surface area contributed by atoms with E-state index in [1.54, 1.807) is 0 Å². The molecule has 1 fully saturated rings. The van der Waals surface area contributed by atoms with Crippen molar-refractivity contribution in [1.82, 2.24) is 10.3 Å². The lowest BCUT2D eigenvalue weighted by atomic mass is 10.0.